The summed E-state index contributed by atoms with van der Waals surface area (Å²) in [4.78, 5) is 4.84. The van der Waals surface area contributed by atoms with Crippen molar-refractivity contribution in [2.45, 2.75) is 37.8 Å². The summed E-state index contributed by atoms with van der Waals surface area (Å²) in [6.07, 6.45) is 15.6. The largest absolute Gasteiger partial charge is 0.378 e. The fourth-order valence-electron chi connectivity index (χ4n) is 2.58. The molecule has 3 aliphatic rings. The summed E-state index contributed by atoms with van der Waals surface area (Å²) in [5.41, 5.74) is 2.33. The van der Waals surface area contributed by atoms with E-state index in [-0.39, 0.29) is 0 Å². The highest BCUT2D eigenvalue weighted by Gasteiger charge is 2.29. The van der Waals surface area contributed by atoms with Crippen molar-refractivity contribution in [3.05, 3.63) is 36.1 Å². The molecule has 1 aliphatic heterocycles. The summed E-state index contributed by atoms with van der Waals surface area (Å²) in [6, 6.07) is 1.09. The number of nitrogens with one attached hydrogen (secondary N) is 1. The van der Waals surface area contributed by atoms with E-state index in [1.165, 1.54) is 31.4 Å². The van der Waals surface area contributed by atoms with Crippen LogP contribution in [0, 0.1) is 0 Å². The van der Waals surface area contributed by atoms with Crippen molar-refractivity contribution in [2.24, 2.45) is 4.99 Å². The topological polar surface area (TPSA) is 24.4 Å². The molecule has 0 aromatic rings. The summed E-state index contributed by atoms with van der Waals surface area (Å²) in [7, 11) is 0. The molecule has 78 valence electrons. The predicted molar refractivity (Wildman–Crippen MR) is 63.0 cm³/mol. The Hall–Kier alpha value is -1.31. The summed E-state index contributed by atoms with van der Waals surface area (Å²) in [6.45, 7) is 0. The lowest BCUT2D eigenvalue weighted by Gasteiger charge is -2.35. The molecule has 2 nitrogen and oxygen atoms in total. The zero-order valence-corrected chi connectivity index (χ0v) is 8.82. The Morgan fingerprint density at radius 2 is 2.07 bits per heavy atom. The van der Waals surface area contributed by atoms with Gasteiger partial charge in [-0.3, -0.25) is 4.99 Å². The van der Waals surface area contributed by atoms with Crippen molar-refractivity contribution in [3.8, 4) is 0 Å². The van der Waals surface area contributed by atoms with Crippen LogP contribution in [0.3, 0.4) is 0 Å². The van der Waals surface area contributed by atoms with Crippen molar-refractivity contribution in [2.75, 3.05) is 0 Å². The molecule has 0 aromatic carbocycles. The van der Waals surface area contributed by atoms with Gasteiger partial charge in [0.1, 0.15) is 0 Å². The molecule has 1 saturated carbocycles. The van der Waals surface area contributed by atoms with E-state index in [9.17, 15) is 0 Å². The Labute approximate surface area is 90.5 Å². The Morgan fingerprint density at radius 3 is 3.07 bits per heavy atom. The van der Waals surface area contributed by atoms with Gasteiger partial charge in [0.05, 0.1) is 17.5 Å². The summed E-state index contributed by atoms with van der Waals surface area (Å²) >= 11 is 0. The minimum atomic E-state index is 0.508. The Bertz CT molecular complexity index is 374. The first-order chi connectivity index (χ1) is 7.43. The average molecular weight is 200 g/mol. The zero-order chi connectivity index (χ0) is 10.1. The van der Waals surface area contributed by atoms with E-state index in [0.29, 0.717) is 12.1 Å². The van der Waals surface area contributed by atoms with E-state index >= 15 is 0 Å². The third-order valence-corrected chi connectivity index (χ3v) is 3.39. The predicted octanol–water partition coefficient (Wildman–Crippen LogP) is 2.35. The second-order valence-electron chi connectivity index (χ2n) is 4.44. The highest BCUT2D eigenvalue weighted by atomic mass is 15.1. The molecule has 1 fully saturated rings. The van der Waals surface area contributed by atoms with Gasteiger partial charge < -0.3 is 5.32 Å². The fourth-order valence-corrected chi connectivity index (χ4v) is 2.58. The number of hydrogen-bond acceptors (Lipinski definition) is 2. The van der Waals surface area contributed by atoms with Crippen LogP contribution < -0.4 is 5.32 Å². The van der Waals surface area contributed by atoms with E-state index in [0.717, 1.165) is 5.71 Å². The molecule has 0 spiro atoms. The van der Waals surface area contributed by atoms with Gasteiger partial charge in [-0.05, 0) is 25.0 Å². The standard InChI is InChI=1S/C13H16N2/c1-2-6-10-11(7-3-1)15-13-9-5-4-8-12(13)14-10/h1-3,6-7,12-14H,4-5,8-9H2/t12-,13-/m1/s1. The van der Waals surface area contributed by atoms with Gasteiger partial charge in [0.25, 0.3) is 0 Å². The first-order valence-electron chi connectivity index (χ1n) is 5.83. The van der Waals surface area contributed by atoms with Crippen LogP contribution in [0.25, 0.3) is 0 Å². The van der Waals surface area contributed by atoms with Gasteiger partial charge in [-0.1, -0.05) is 31.1 Å². The molecule has 0 saturated heterocycles. The number of allylic oxidation sites excluding steroid dienone is 5. The third-order valence-electron chi connectivity index (χ3n) is 3.39. The average Bonchev–Trinajstić information content (AvgIpc) is 2.50. The molecule has 0 bridgehead atoms. The zero-order valence-electron chi connectivity index (χ0n) is 8.82. The summed E-state index contributed by atoms with van der Waals surface area (Å²) in [5, 5.41) is 3.63. The number of rotatable bonds is 0. The minimum absolute atomic E-state index is 0.508. The lowest BCUT2D eigenvalue weighted by molar-refractivity contribution is 0.343. The first-order valence-corrected chi connectivity index (χ1v) is 5.83. The Kier molecular flexibility index (Phi) is 2.20. The van der Waals surface area contributed by atoms with Crippen LogP contribution in [-0.2, 0) is 0 Å². The number of aliphatic imine (C=N–C) groups is 1. The van der Waals surface area contributed by atoms with Crippen LogP contribution in [0.15, 0.2) is 41.1 Å². The number of hydrogen-bond donors (Lipinski definition) is 1. The van der Waals surface area contributed by atoms with E-state index in [4.69, 9.17) is 4.99 Å². The maximum Gasteiger partial charge on any atom is 0.0810 e. The smallest absolute Gasteiger partial charge is 0.0810 e. The molecule has 0 unspecified atom stereocenters. The number of fused-ring (bicyclic) bond motifs is 2. The van der Waals surface area contributed by atoms with Gasteiger partial charge in [-0.15, -0.1) is 0 Å². The second-order valence-corrected chi connectivity index (χ2v) is 4.44. The molecule has 0 radical (unpaired) electrons. The monoisotopic (exact) mass is 200 g/mol. The van der Waals surface area contributed by atoms with Gasteiger partial charge in [0.2, 0.25) is 0 Å². The molecule has 0 aromatic heterocycles. The van der Waals surface area contributed by atoms with Crippen LogP contribution in [0.2, 0.25) is 0 Å². The SMILES string of the molecule is C1=CC=C2N[C@@H]3CCCC[C@H]3N=C2C=C1. The lowest BCUT2D eigenvalue weighted by Crippen LogP contribution is -2.46. The van der Waals surface area contributed by atoms with E-state index in [2.05, 4.69) is 35.7 Å². The van der Waals surface area contributed by atoms with Gasteiger partial charge >= 0.3 is 0 Å². The maximum atomic E-state index is 4.84. The van der Waals surface area contributed by atoms with E-state index in [1.807, 2.05) is 0 Å². The van der Waals surface area contributed by atoms with Crippen molar-refractivity contribution < 1.29 is 0 Å². The highest BCUT2D eigenvalue weighted by Crippen LogP contribution is 2.26. The van der Waals surface area contributed by atoms with Crippen molar-refractivity contribution in [1.29, 1.82) is 0 Å². The van der Waals surface area contributed by atoms with E-state index in [1.54, 1.807) is 0 Å². The summed E-state index contributed by atoms with van der Waals surface area (Å²) in [5.74, 6) is 0. The molecule has 1 N–H and O–H groups in total. The van der Waals surface area contributed by atoms with Crippen LogP contribution >= 0.6 is 0 Å². The minimum Gasteiger partial charge on any atom is -0.378 e. The van der Waals surface area contributed by atoms with Crippen LogP contribution in [0.5, 0.6) is 0 Å². The first kappa shape index (κ1) is 8.96. The summed E-state index contributed by atoms with van der Waals surface area (Å²) < 4.78 is 0. The molecular weight excluding hydrogens is 184 g/mol. The molecule has 2 atom stereocenters. The molecular formula is C13H16N2. The second kappa shape index (κ2) is 3.69. The molecule has 1 heterocycles. The quantitative estimate of drug-likeness (QED) is 0.637. The Balaban J connectivity index is 1.95. The van der Waals surface area contributed by atoms with Crippen molar-refractivity contribution in [3.63, 3.8) is 0 Å². The normalized spacial score (nSPS) is 33.1. The van der Waals surface area contributed by atoms with E-state index < -0.39 is 0 Å². The third kappa shape index (κ3) is 1.65. The highest BCUT2D eigenvalue weighted by molar-refractivity contribution is 6.09. The van der Waals surface area contributed by atoms with Gasteiger partial charge in [-0.2, -0.15) is 0 Å². The van der Waals surface area contributed by atoms with Crippen LogP contribution in [0.1, 0.15) is 25.7 Å². The molecule has 3 rings (SSSR count). The lowest BCUT2D eigenvalue weighted by atomic mass is 9.88. The van der Waals surface area contributed by atoms with Gasteiger partial charge in [0.15, 0.2) is 0 Å². The molecule has 15 heavy (non-hydrogen) atoms. The van der Waals surface area contributed by atoms with Crippen LogP contribution in [-0.4, -0.2) is 17.8 Å². The number of nitrogens with zero attached hydrogens (tertiary/aromatic N) is 1. The molecule has 0 amide bonds. The van der Waals surface area contributed by atoms with Gasteiger partial charge in [0, 0.05) is 6.04 Å². The van der Waals surface area contributed by atoms with Crippen molar-refractivity contribution in [1.82, 2.24) is 5.32 Å². The van der Waals surface area contributed by atoms with Gasteiger partial charge in [-0.25, -0.2) is 0 Å². The molecule has 2 aliphatic carbocycles. The maximum absolute atomic E-state index is 4.84. The molecule has 2 heteroatoms. The van der Waals surface area contributed by atoms with Crippen molar-refractivity contribution >= 4 is 5.71 Å². The fraction of sp³-hybridized carbons (Fsp3) is 0.462. The Morgan fingerprint density at radius 1 is 1.13 bits per heavy atom. The van der Waals surface area contributed by atoms with Crippen LogP contribution in [0.4, 0.5) is 0 Å².